The number of hydrogen-bond donors (Lipinski definition) is 1. The first-order valence-corrected chi connectivity index (χ1v) is 5.91. The van der Waals surface area contributed by atoms with Crippen molar-refractivity contribution < 1.29 is 4.42 Å². The smallest absolute Gasteiger partial charge is 0.169 e. The van der Waals surface area contributed by atoms with Gasteiger partial charge in [0.25, 0.3) is 0 Å². The summed E-state index contributed by atoms with van der Waals surface area (Å²) in [5, 5.41) is 3.45. The predicted molar refractivity (Wildman–Crippen MR) is 62.3 cm³/mol. The summed E-state index contributed by atoms with van der Waals surface area (Å²) in [6, 6.07) is 4.21. The quantitative estimate of drug-likeness (QED) is 0.872. The molecule has 0 aromatic carbocycles. The van der Waals surface area contributed by atoms with Gasteiger partial charge in [-0.05, 0) is 47.4 Å². The van der Waals surface area contributed by atoms with Crippen LogP contribution in [0, 0.1) is 5.92 Å². The summed E-state index contributed by atoms with van der Waals surface area (Å²) >= 11 is 3.30. The van der Waals surface area contributed by atoms with E-state index in [0.29, 0.717) is 0 Å². The zero-order chi connectivity index (χ0) is 10.6. The maximum absolute atomic E-state index is 5.47. The van der Waals surface area contributed by atoms with Crippen LogP contribution < -0.4 is 5.32 Å². The minimum atomic E-state index is 0.287. The number of hydrogen-bond acceptors (Lipinski definition) is 2. The van der Waals surface area contributed by atoms with E-state index in [1.165, 1.54) is 6.42 Å². The molecular weight excluding hydrogens is 242 g/mol. The van der Waals surface area contributed by atoms with Gasteiger partial charge in [0.05, 0.1) is 6.04 Å². The Labute approximate surface area is 94.2 Å². The third kappa shape index (κ3) is 3.46. The number of nitrogens with one attached hydrogen (secondary N) is 1. The molecule has 0 amide bonds. The molecule has 80 valence electrons. The van der Waals surface area contributed by atoms with Gasteiger partial charge in [-0.1, -0.05) is 20.3 Å². The first-order chi connectivity index (χ1) is 6.63. The lowest BCUT2D eigenvalue weighted by atomic mass is 10.1. The van der Waals surface area contributed by atoms with E-state index in [2.05, 4.69) is 42.0 Å². The van der Waals surface area contributed by atoms with Crippen LogP contribution in [0.1, 0.15) is 39.0 Å². The van der Waals surface area contributed by atoms with Crippen LogP contribution in [-0.2, 0) is 0 Å². The number of halogens is 1. The highest BCUT2D eigenvalue weighted by molar-refractivity contribution is 9.10. The van der Waals surface area contributed by atoms with Crippen molar-refractivity contribution >= 4 is 15.9 Å². The fraction of sp³-hybridized carbons (Fsp3) is 0.636. The van der Waals surface area contributed by atoms with E-state index in [-0.39, 0.29) is 6.04 Å². The molecule has 14 heavy (non-hydrogen) atoms. The summed E-state index contributed by atoms with van der Waals surface area (Å²) in [5.41, 5.74) is 0. The SMILES string of the molecule is CCC(C)CNC(C)c1ccc(Br)o1. The summed E-state index contributed by atoms with van der Waals surface area (Å²) in [5.74, 6) is 1.70. The second-order valence-corrected chi connectivity index (χ2v) is 4.57. The molecule has 2 unspecified atom stereocenters. The van der Waals surface area contributed by atoms with Crippen molar-refractivity contribution in [3.05, 3.63) is 22.6 Å². The van der Waals surface area contributed by atoms with Gasteiger partial charge in [-0.25, -0.2) is 0 Å². The predicted octanol–water partition coefficient (Wildman–Crippen LogP) is 3.74. The van der Waals surface area contributed by atoms with Crippen LogP contribution in [0.3, 0.4) is 0 Å². The van der Waals surface area contributed by atoms with Gasteiger partial charge in [0.1, 0.15) is 5.76 Å². The van der Waals surface area contributed by atoms with Crippen LogP contribution in [0.2, 0.25) is 0 Å². The zero-order valence-corrected chi connectivity index (χ0v) is 10.6. The highest BCUT2D eigenvalue weighted by atomic mass is 79.9. The van der Waals surface area contributed by atoms with Gasteiger partial charge in [-0.2, -0.15) is 0 Å². The largest absolute Gasteiger partial charge is 0.453 e. The summed E-state index contributed by atoms with van der Waals surface area (Å²) in [7, 11) is 0. The zero-order valence-electron chi connectivity index (χ0n) is 9.01. The van der Waals surface area contributed by atoms with Gasteiger partial charge >= 0.3 is 0 Å². The molecule has 0 aliphatic carbocycles. The molecule has 0 bridgehead atoms. The van der Waals surface area contributed by atoms with E-state index in [1.54, 1.807) is 0 Å². The van der Waals surface area contributed by atoms with E-state index in [0.717, 1.165) is 22.9 Å². The van der Waals surface area contributed by atoms with Crippen molar-refractivity contribution in [1.82, 2.24) is 5.32 Å². The van der Waals surface area contributed by atoms with Crippen molar-refractivity contribution in [1.29, 1.82) is 0 Å². The minimum absolute atomic E-state index is 0.287. The molecule has 1 rings (SSSR count). The Morgan fingerprint density at radius 3 is 2.64 bits per heavy atom. The Hall–Kier alpha value is -0.280. The topological polar surface area (TPSA) is 25.2 Å². The minimum Gasteiger partial charge on any atom is -0.453 e. The molecule has 1 aromatic heterocycles. The molecule has 3 heteroatoms. The Morgan fingerprint density at radius 1 is 1.43 bits per heavy atom. The van der Waals surface area contributed by atoms with Crippen LogP contribution in [0.4, 0.5) is 0 Å². The molecular formula is C11H18BrNO. The first-order valence-electron chi connectivity index (χ1n) is 5.12. The average Bonchev–Trinajstić information content (AvgIpc) is 2.60. The van der Waals surface area contributed by atoms with Crippen molar-refractivity contribution in [2.24, 2.45) is 5.92 Å². The molecule has 1 aromatic rings. The monoisotopic (exact) mass is 259 g/mol. The molecule has 1 N–H and O–H groups in total. The van der Waals surface area contributed by atoms with Crippen molar-refractivity contribution in [3.63, 3.8) is 0 Å². The Morgan fingerprint density at radius 2 is 2.14 bits per heavy atom. The van der Waals surface area contributed by atoms with E-state index in [4.69, 9.17) is 4.42 Å². The summed E-state index contributed by atoms with van der Waals surface area (Å²) in [6.07, 6.45) is 1.21. The molecule has 1 heterocycles. The van der Waals surface area contributed by atoms with Crippen LogP contribution in [0.25, 0.3) is 0 Å². The van der Waals surface area contributed by atoms with E-state index in [1.807, 2.05) is 12.1 Å². The van der Waals surface area contributed by atoms with Crippen LogP contribution >= 0.6 is 15.9 Å². The second kappa shape index (κ2) is 5.56. The van der Waals surface area contributed by atoms with Crippen molar-refractivity contribution in [3.8, 4) is 0 Å². The second-order valence-electron chi connectivity index (χ2n) is 3.79. The average molecular weight is 260 g/mol. The third-order valence-corrected chi connectivity index (χ3v) is 2.92. The van der Waals surface area contributed by atoms with E-state index >= 15 is 0 Å². The molecule has 0 radical (unpaired) electrons. The fourth-order valence-electron chi connectivity index (χ4n) is 1.18. The van der Waals surface area contributed by atoms with Gasteiger partial charge < -0.3 is 9.73 Å². The normalized spacial score (nSPS) is 15.4. The molecule has 0 spiro atoms. The van der Waals surface area contributed by atoms with Gasteiger partial charge in [-0.15, -0.1) is 0 Å². The molecule has 0 saturated carbocycles. The maximum Gasteiger partial charge on any atom is 0.169 e. The Kier molecular flexibility index (Phi) is 4.69. The molecule has 0 aliphatic heterocycles. The Balaban J connectivity index is 2.39. The lowest BCUT2D eigenvalue weighted by molar-refractivity contribution is 0.392. The fourth-order valence-corrected chi connectivity index (χ4v) is 1.50. The third-order valence-electron chi connectivity index (χ3n) is 2.49. The van der Waals surface area contributed by atoms with Gasteiger partial charge in [0.2, 0.25) is 0 Å². The van der Waals surface area contributed by atoms with Crippen molar-refractivity contribution in [2.45, 2.75) is 33.2 Å². The van der Waals surface area contributed by atoms with E-state index < -0.39 is 0 Å². The molecule has 0 aliphatic rings. The van der Waals surface area contributed by atoms with Crippen LogP contribution in [-0.4, -0.2) is 6.54 Å². The Bertz CT molecular complexity index is 272. The first kappa shape index (κ1) is 11.8. The molecule has 0 fully saturated rings. The highest BCUT2D eigenvalue weighted by Gasteiger charge is 2.09. The highest BCUT2D eigenvalue weighted by Crippen LogP contribution is 2.20. The van der Waals surface area contributed by atoms with E-state index in [9.17, 15) is 0 Å². The van der Waals surface area contributed by atoms with Gasteiger partial charge in [0, 0.05) is 0 Å². The summed E-state index contributed by atoms with van der Waals surface area (Å²) in [6.45, 7) is 7.61. The number of rotatable bonds is 5. The maximum atomic E-state index is 5.47. The standard InChI is InChI=1S/C11H18BrNO/c1-4-8(2)7-13-9(3)10-5-6-11(12)14-10/h5-6,8-9,13H,4,7H2,1-3H3. The molecule has 2 atom stereocenters. The van der Waals surface area contributed by atoms with Gasteiger partial charge in [-0.3, -0.25) is 0 Å². The lowest BCUT2D eigenvalue weighted by Crippen LogP contribution is -2.23. The lowest BCUT2D eigenvalue weighted by Gasteiger charge is -2.14. The van der Waals surface area contributed by atoms with Crippen molar-refractivity contribution in [2.75, 3.05) is 6.54 Å². The molecule has 0 saturated heterocycles. The van der Waals surface area contributed by atoms with Gasteiger partial charge in [0.15, 0.2) is 4.67 Å². The molecule has 2 nitrogen and oxygen atoms in total. The van der Waals surface area contributed by atoms with Crippen LogP contribution in [0.5, 0.6) is 0 Å². The number of furan rings is 1. The van der Waals surface area contributed by atoms with Crippen LogP contribution in [0.15, 0.2) is 21.2 Å². The summed E-state index contributed by atoms with van der Waals surface area (Å²) in [4.78, 5) is 0. The summed E-state index contributed by atoms with van der Waals surface area (Å²) < 4.78 is 6.26.